The number of benzene rings is 2. The van der Waals surface area contributed by atoms with E-state index in [0.717, 1.165) is 0 Å². The Hall–Kier alpha value is -3.06. The topological polar surface area (TPSA) is 96.9 Å². The van der Waals surface area contributed by atoms with E-state index in [1.54, 1.807) is 35.8 Å². The van der Waals surface area contributed by atoms with E-state index in [-0.39, 0.29) is 23.7 Å². The molecule has 0 saturated heterocycles. The zero-order chi connectivity index (χ0) is 20.0. The van der Waals surface area contributed by atoms with Gasteiger partial charge in [0.2, 0.25) is 0 Å². The molecule has 0 aliphatic rings. The zero-order valence-corrected chi connectivity index (χ0v) is 15.8. The highest BCUT2D eigenvalue weighted by atomic mass is 16.5. The molecule has 2 aromatic rings. The van der Waals surface area contributed by atoms with Crippen molar-refractivity contribution in [3.05, 3.63) is 53.6 Å². The summed E-state index contributed by atoms with van der Waals surface area (Å²) in [5.74, 6) is 0.138. The van der Waals surface area contributed by atoms with E-state index in [1.807, 2.05) is 27.7 Å². The minimum Gasteiger partial charge on any atom is -0.487 e. The van der Waals surface area contributed by atoms with Crippen molar-refractivity contribution in [2.45, 2.75) is 39.9 Å². The summed E-state index contributed by atoms with van der Waals surface area (Å²) in [5.41, 5.74) is 2.76. The summed E-state index contributed by atoms with van der Waals surface area (Å²) in [4.78, 5) is 23.9. The number of ether oxygens (including phenoxy) is 2. The Bertz CT molecular complexity index is 801. The molecule has 3 N–H and O–H groups in total. The van der Waals surface area contributed by atoms with Crippen molar-refractivity contribution in [3.8, 4) is 11.5 Å². The van der Waals surface area contributed by atoms with Gasteiger partial charge in [0.15, 0.2) is 11.5 Å². The summed E-state index contributed by atoms with van der Waals surface area (Å²) in [7, 11) is 0. The second-order valence-electron chi connectivity index (χ2n) is 6.47. The lowest BCUT2D eigenvalue weighted by Gasteiger charge is -2.18. The van der Waals surface area contributed by atoms with Crippen molar-refractivity contribution >= 4 is 17.5 Å². The van der Waals surface area contributed by atoms with Crippen molar-refractivity contribution < 1.29 is 24.3 Å². The normalized spacial score (nSPS) is 10.6. The van der Waals surface area contributed by atoms with Crippen LogP contribution in [0.2, 0.25) is 0 Å². The van der Waals surface area contributed by atoms with Gasteiger partial charge in [-0.1, -0.05) is 0 Å². The SMILES string of the molecule is CC(C)Oc1ccc(C(=O)Nc2ccc(C(=O)NO)cc2)cc1OC(C)C. The van der Waals surface area contributed by atoms with E-state index in [0.29, 0.717) is 22.7 Å². The van der Waals surface area contributed by atoms with Crippen LogP contribution in [0.1, 0.15) is 48.4 Å². The van der Waals surface area contributed by atoms with E-state index in [1.165, 1.54) is 12.1 Å². The Morgan fingerprint density at radius 3 is 1.93 bits per heavy atom. The predicted octanol–water partition coefficient (Wildman–Crippen LogP) is 3.63. The monoisotopic (exact) mass is 372 g/mol. The third-order valence-corrected chi connectivity index (χ3v) is 3.44. The third kappa shape index (κ3) is 5.72. The molecule has 0 radical (unpaired) electrons. The maximum atomic E-state index is 12.5. The Morgan fingerprint density at radius 2 is 1.37 bits per heavy atom. The highest BCUT2D eigenvalue weighted by Gasteiger charge is 2.14. The van der Waals surface area contributed by atoms with Gasteiger partial charge in [-0.25, -0.2) is 5.48 Å². The van der Waals surface area contributed by atoms with E-state index >= 15 is 0 Å². The molecule has 144 valence electrons. The molecule has 2 amide bonds. The first-order valence-electron chi connectivity index (χ1n) is 8.63. The lowest BCUT2D eigenvalue weighted by Crippen LogP contribution is -2.18. The lowest BCUT2D eigenvalue weighted by molar-refractivity contribution is 0.0706. The van der Waals surface area contributed by atoms with E-state index < -0.39 is 5.91 Å². The Kier molecular flexibility index (Phi) is 6.79. The summed E-state index contributed by atoms with van der Waals surface area (Å²) in [6.45, 7) is 7.63. The lowest BCUT2D eigenvalue weighted by atomic mass is 10.1. The fourth-order valence-corrected chi connectivity index (χ4v) is 2.32. The van der Waals surface area contributed by atoms with Crippen molar-refractivity contribution in [2.75, 3.05) is 5.32 Å². The molecule has 0 saturated carbocycles. The molecule has 0 aliphatic carbocycles. The molecule has 0 heterocycles. The minimum absolute atomic E-state index is 0.0196. The molecular formula is C20H24N2O5. The van der Waals surface area contributed by atoms with Gasteiger partial charge in [-0.2, -0.15) is 0 Å². The first-order valence-corrected chi connectivity index (χ1v) is 8.63. The molecule has 7 nitrogen and oxygen atoms in total. The number of rotatable bonds is 7. The largest absolute Gasteiger partial charge is 0.487 e. The molecule has 0 bridgehead atoms. The van der Waals surface area contributed by atoms with Crippen LogP contribution in [0.4, 0.5) is 5.69 Å². The van der Waals surface area contributed by atoms with E-state index in [9.17, 15) is 9.59 Å². The Morgan fingerprint density at radius 1 is 0.815 bits per heavy atom. The number of carbonyl (C=O) groups is 2. The maximum absolute atomic E-state index is 12.5. The number of anilines is 1. The molecule has 0 atom stereocenters. The molecule has 0 aliphatic heterocycles. The first-order chi connectivity index (χ1) is 12.8. The van der Waals surface area contributed by atoms with Crippen LogP contribution in [0.3, 0.4) is 0 Å². The fourth-order valence-electron chi connectivity index (χ4n) is 2.32. The quantitative estimate of drug-likeness (QED) is 0.509. The van der Waals surface area contributed by atoms with Crippen LogP contribution in [0.25, 0.3) is 0 Å². The molecule has 2 aromatic carbocycles. The smallest absolute Gasteiger partial charge is 0.274 e. The van der Waals surface area contributed by atoms with Gasteiger partial charge in [0.05, 0.1) is 12.2 Å². The number of hydroxylamine groups is 1. The van der Waals surface area contributed by atoms with Gasteiger partial charge in [0, 0.05) is 16.8 Å². The summed E-state index contributed by atoms with van der Waals surface area (Å²) >= 11 is 0. The van der Waals surface area contributed by atoms with Crippen LogP contribution in [0.15, 0.2) is 42.5 Å². The van der Waals surface area contributed by atoms with Crippen LogP contribution in [-0.2, 0) is 0 Å². The summed E-state index contributed by atoms with van der Waals surface area (Å²) < 4.78 is 11.5. The maximum Gasteiger partial charge on any atom is 0.274 e. The van der Waals surface area contributed by atoms with Crippen molar-refractivity contribution in [1.82, 2.24) is 5.48 Å². The summed E-state index contributed by atoms with van der Waals surface area (Å²) in [5, 5.41) is 11.4. The predicted molar refractivity (Wildman–Crippen MR) is 102 cm³/mol. The van der Waals surface area contributed by atoms with E-state index in [4.69, 9.17) is 14.7 Å². The molecule has 2 rings (SSSR count). The summed E-state index contributed by atoms with van der Waals surface area (Å²) in [6, 6.07) is 11.1. The van der Waals surface area contributed by atoms with Gasteiger partial charge in [0.25, 0.3) is 11.8 Å². The number of nitrogens with one attached hydrogen (secondary N) is 2. The fraction of sp³-hybridized carbons (Fsp3) is 0.300. The molecule has 0 spiro atoms. The van der Waals surface area contributed by atoms with Gasteiger partial charge >= 0.3 is 0 Å². The van der Waals surface area contributed by atoms with Crippen LogP contribution in [0, 0.1) is 0 Å². The van der Waals surface area contributed by atoms with Gasteiger partial charge in [0.1, 0.15) is 0 Å². The standard InChI is InChI=1S/C20H24N2O5/c1-12(2)26-17-10-7-15(11-18(17)27-13(3)4)19(23)21-16-8-5-14(6-9-16)20(24)22-25/h5-13,25H,1-4H3,(H,21,23)(H,22,24). The van der Waals surface area contributed by atoms with Gasteiger partial charge in [-0.15, -0.1) is 0 Å². The zero-order valence-electron chi connectivity index (χ0n) is 15.8. The van der Waals surface area contributed by atoms with Crippen molar-refractivity contribution in [1.29, 1.82) is 0 Å². The van der Waals surface area contributed by atoms with Gasteiger partial charge < -0.3 is 14.8 Å². The van der Waals surface area contributed by atoms with Crippen LogP contribution in [0.5, 0.6) is 11.5 Å². The average Bonchev–Trinajstić information content (AvgIpc) is 2.62. The second kappa shape index (κ2) is 9.05. The second-order valence-corrected chi connectivity index (χ2v) is 6.47. The molecule has 27 heavy (non-hydrogen) atoms. The van der Waals surface area contributed by atoms with Gasteiger partial charge in [-0.05, 0) is 70.2 Å². The average molecular weight is 372 g/mol. The highest BCUT2D eigenvalue weighted by molar-refractivity contribution is 6.05. The molecular weight excluding hydrogens is 348 g/mol. The van der Waals surface area contributed by atoms with Crippen molar-refractivity contribution in [2.24, 2.45) is 0 Å². The molecule has 0 fully saturated rings. The first kappa shape index (κ1) is 20.3. The Labute approximate surface area is 158 Å². The van der Waals surface area contributed by atoms with Crippen LogP contribution < -0.4 is 20.3 Å². The number of hydrogen-bond donors (Lipinski definition) is 3. The highest BCUT2D eigenvalue weighted by Crippen LogP contribution is 2.30. The number of hydrogen-bond acceptors (Lipinski definition) is 5. The number of amides is 2. The summed E-state index contributed by atoms with van der Waals surface area (Å²) in [6.07, 6.45) is -0.0862. The molecule has 7 heteroatoms. The van der Waals surface area contributed by atoms with E-state index in [2.05, 4.69) is 5.32 Å². The number of carbonyl (C=O) groups excluding carboxylic acids is 2. The van der Waals surface area contributed by atoms with Crippen molar-refractivity contribution in [3.63, 3.8) is 0 Å². The van der Waals surface area contributed by atoms with Gasteiger partial charge in [-0.3, -0.25) is 14.8 Å². The minimum atomic E-state index is -0.621. The third-order valence-electron chi connectivity index (χ3n) is 3.44. The van der Waals surface area contributed by atoms with Crippen LogP contribution >= 0.6 is 0 Å². The molecule has 0 unspecified atom stereocenters. The Balaban J connectivity index is 2.18. The van der Waals surface area contributed by atoms with Crippen LogP contribution in [-0.4, -0.2) is 29.2 Å². The molecule has 0 aromatic heterocycles.